The van der Waals surface area contributed by atoms with Gasteiger partial charge in [-0.3, -0.25) is 4.68 Å². The lowest BCUT2D eigenvalue weighted by Crippen LogP contribution is -2.07. The first-order valence-corrected chi connectivity index (χ1v) is 8.64. The summed E-state index contributed by atoms with van der Waals surface area (Å²) in [5, 5.41) is 8.13. The molecule has 136 valence electrons. The number of nitrogen functional groups attached to an aromatic ring is 1. The molecule has 0 saturated heterocycles. The van der Waals surface area contributed by atoms with Crippen molar-refractivity contribution < 1.29 is 4.74 Å². The van der Waals surface area contributed by atoms with Crippen molar-refractivity contribution in [2.24, 2.45) is 7.05 Å². The van der Waals surface area contributed by atoms with E-state index in [1.807, 2.05) is 37.4 Å². The van der Waals surface area contributed by atoms with Crippen LogP contribution in [0.5, 0.6) is 5.75 Å². The first-order chi connectivity index (χ1) is 13.2. The average molecular weight is 360 g/mol. The Labute approximate surface area is 156 Å². The number of fused-ring (bicyclic) bond motifs is 1. The van der Waals surface area contributed by atoms with Crippen LogP contribution in [-0.4, -0.2) is 19.7 Å². The summed E-state index contributed by atoms with van der Waals surface area (Å²) < 4.78 is 7.44. The molecule has 2 aromatic carbocycles. The molecule has 0 amide bonds. The lowest BCUT2D eigenvalue weighted by Gasteiger charge is -2.09. The molecule has 4 rings (SSSR count). The maximum absolute atomic E-state index is 5.98. The molecule has 0 aliphatic rings. The zero-order chi connectivity index (χ0) is 18.6. The molecule has 4 aromatic rings. The van der Waals surface area contributed by atoms with Gasteiger partial charge in [0.1, 0.15) is 18.2 Å². The van der Waals surface area contributed by atoms with Crippen molar-refractivity contribution in [3.05, 3.63) is 71.9 Å². The van der Waals surface area contributed by atoms with E-state index in [4.69, 9.17) is 10.5 Å². The van der Waals surface area contributed by atoms with Crippen LogP contribution in [0.4, 0.5) is 11.8 Å². The summed E-state index contributed by atoms with van der Waals surface area (Å²) in [6.07, 6.45) is 1.67. The van der Waals surface area contributed by atoms with E-state index in [9.17, 15) is 0 Å². The predicted molar refractivity (Wildman–Crippen MR) is 105 cm³/mol. The molecule has 0 atom stereocenters. The molecule has 0 saturated carbocycles. The van der Waals surface area contributed by atoms with E-state index in [1.54, 1.807) is 10.9 Å². The molecule has 7 heteroatoms. The Kier molecular flexibility index (Phi) is 4.57. The van der Waals surface area contributed by atoms with Crippen LogP contribution in [-0.2, 0) is 20.2 Å². The first kappa shape index (κ1) is 16.8. The van der Waals surface area contributed by atoms with Gasteiger partial charge in [-0.15, -0.1) is 0 Å². The molecule has 3 N–H and O–H groups in total. The largest absolute Gasteiger partial charge is 0.489 e. The number of nitrogens with one attached hydrogen (secondary N) is 1. The second-order valence-electron chi connectivity index (χ2n) is 6.21. The Morgan fingerprint density at radius 1 is 1.00 bits per heavy atom. The van der Waals surface area contributed by atoms with Crippen LogP contribution in [0.15, 0.2) is 60.8 Å². The highest BCUT2D eigenvalue weighted by atomic mass is 16.5. The fraction of sp³-hybridized carbons (Fsp3) is 0.150. The van der Waals surface area contributed by atoms with Crippen molar-refractivity contribution in [3.8, 4) is 5.75 Å². The molecule has 0 unspecified atom stereocenters. The zero-order valence-electron chi connectivity index (χ0n) is 15.0. The Balaban J connectivity index is 1.38. The van der Waals surface area contributed by atoms with E-state index < -0.39 is 0 Å². The zero-order valence-corrected chi connectivity index (χ0v) is 15.0. The normalized spacial score (nSPS) is 10.9. The fourth-order valence-electron chi connectivity index (χ4n) is 2.74. The van der Waals surface area contributed by atoms with Gasteiger partial charge in [0.2, 0.25) is 5.95 Å². The Morgan fingerprint density at radius 3 is 2.52 bits per heavy atom. The lowest BCUT2D eigenvalue weighted by atomic mass is 10.1. The van der Waals surface area contributed by atoms with Crippen molar-refractivity contribution in [2.75, 3.05) is 11.1 Å². The highest BCUT2D eigenvalue weighted by Crippen LogP contribution is 2.19. The number of nitrogens with two attached hydrogens (primary N) is 1. The lowest BCUT2D eigenvalue weighted by molar-refractivity contribution is 0.306. The molecule has 0 spiro atoms. The van der Waals surface area contributed by atoms with Gasteiger partial charge >= 0.3 is 0 Å². The van der Waals surface area contributed by atoms with Gasteiger partial charge in [0.15, 0.2) is 5.65 Å². The molecular formula is C20H20N6O. The van der Waals surface area contributed by atoms with E-state index in [1.165, 1.54) is 0 Å². The number of para-hydroxylation sites is 1. The van der Waals surface area contributed by atoms with Crippen molar-refractivity contribution in [1.82, 2.24) is 19.7 Å². The van der Waals surface area contributed by atoms with E-state index in [2.05, 4.69) is 44.6 Å². The van der Waals surface area contributed by atoms with E-state index >= 15 is 0 Å². The van der Waals surface area contributed by atoms with Crippen LogP contribution >= 0.6 is 0 Å². The van der Waals surface area contributed by atoms with Gasteiger partial charge in [-0.25, -0.2) is 0 Å². The third kappa shape index (κ3) is 3.82. The summed E-state index contributed by atoms with van der Waals surface area (Å²) in [5.41, 5.74) is 8.92. The average Bonchev–Trinajstić information content (AvgIpc) is 3.08. The number of anilines is 2. The number of ether oxygens (including phenoxy) is 1. The van der Waals surface area contributed by atoms with Crippen LogP contribution in [0.2, 0.25) is 0 Å². The van der Waals surface area contributed by atoms with Crippen molar-refractivity contribution in [2.45, 2.75) is 13.2 Å². The summed E-state index contributed by atoms with van der Waals surface area (Å²) in [5.74, 6) is 1.77. The van der Waals surface area contributed by atoms with Crippen molar-refractivity contribution in [3.63, 3.8) is 0 Å². The number of aryl methyl sites for hydroxylation is 1. The number of hydrogen-bond acceptors (Lipinski definition) is 6. The number of nitrogens with zero attached hydrogens (tertiary/aromatic N) is 4. The number of rotatable bonds is 6. The summed E-state index contributed by atoms with van der Waals surface area (Å²) in [6, 6.07) is 18.0. The first-order valence-electron chi connectivity index (χ1n) is 8.64. The van der Waals surface area contributed by atoms with Gasteiger partial charge in [-0.1, -0.05) is 42.5 Å². The van der Waals surface area contributed by atoms with Gasteiger partial charge in [-0.2, -0.15) is 15.1 Å². The van der Waals surface area contributed by atoms with Gasteiger partial charge in [0.05, 0.1) is 11.6 Å². The third-order valence-electron chi connectivity index (χ3n) is 4.24. The topological polar surface area (TPSA) is 90.9 Å². The molecule has 0 aliphatic heterocycles. The van der Waals surface area contributed by atoms with E-state index in [0.29, 0.717) is 30.6 Å². The van der Waals surface area contributed by atoms with Gasteiger partial charge in [0, 0.05) is 13.6 Å². The van der Waals surface area contributed by atoms with E-state index in [0.717, 1.165) is 22.3 Å². The summed E-state index contributed by atoms with van der Waals surface area (Å²) in [7, 11) is 1.83. The maximum atomic E-state index is 5.98. The Hall–Kier alpha value is -3.61. The van der Waals surface area contributed by atoms with E-state index in [-0.39, 0.29) is 0 Å². The minimum Gasteiger partial charge on any atom is -0.489 e. The molecule has 27 heavy (non-hydrogen) atoms. The molecule has 2 heterocycles. The molecule has 0 aliphatic carbocycles. The van der Waals surface area contributed by atoms with Gasteiger partial charge < -0.3 is 15.8 Å². The fourth-order valence-corrected chi connectivity index (χ4v) is 2.74. The van der Waals surface area contributed by atoms with Crippen LogP contribution in [0.3, 0.4) is 0 Å². The number of benzene rings is 2. The number of hydrogen-bond donors (Lipinski definition) is 2. The second-order valence-corrected chi connectivity index (χ2v) is 6.21. The minimum absolute atomic E-state index is 0.420. The summed E-state index contributed by atoms with van der Waals surface area (Å²) >= 11 is 0. The van der Waals surface area contributed by atoms with Crippen LogP contribution in [0.25, 0.3) is 11.0 Å². The summed E-state index contributed by atoms with van der Waals surface area (Å²) in [4.78, 5) is 8.76. The van der Waals surface area contributed by atoms with Crippen molar-refractivity contribution >= 4 is 22.8 Å². The van der Waals surface area contributed by atoms with Crippen LogP contribution in [0.1, 0.15) is 11.1 Å². The standard InChI is InChI=1S/C20H20N6O/c1-26-19-17(12-23-26)18(21)24-20(25-19)22-11-14-7-9-15(10-8-14)13-27-16-5-3-2-4-6-16/h2-10,12H,11,13H2,1H3,(H3,21,22,24,25). The number of aromatic nitrogens is 4. The van der Waals surface area contributed by atoms with Crippen LogP contribution in [0, 0.1) is 0 Å². The SMILES string of the molecule is Cn1ncc2c(N)nc(NCc3ccc(COc4ccccc4)cc3)nc21. The van der Waals surface area contributed by atoms with Gasteiger partial charge in [-0.05, 0) is 23.3 Å². The third-order valence-corrected chi connectivity index (χ3v) is 4.24. The maximum Gasteiger partial charge on any atom is 0.226 e. The minimum atomic E-state index is 0.420. The Bertz CT molecular complexity index is 1040. The van der Waals surface area contributed by atoms with Crippen LogP contribution < -0.4 is 15.8 Å². The molecule has 0 bridgehead atoms. The highest BCUT2D eigenvalue weighted by molar-refractivity contribution is 5.86. The molecule has 2 aromatic heterocycles. The Morgan fingerprint density at radius 2 is 1.74 bits per heavy atom. The van der Waals surface area contributed by atoms with Gasteiger partial charge in [0.25, 0.3) is 0 Å². The monoisotopic (exact) mass is 360 g/mol. The second kappa shape index (κ2) is 7.33. The smallest absolute Gasteiger partial charge is 0.226 e. The summed E-state index contributed by atoms with van der Waals surface area (Å²) in [6.45, 7) is 1.14. The molecule has 7 nitrogen and oxygen atoms in total. The molecular weight excluding hydrogens is 340 g/mol. The quantitative estimate of drug-likeness (QED) is 0.549. The highest BCUT2D eigenvalue weighted by Gasteiger charge is 2.09. The van der Waals surface area contributed by atoms with Crippen molar-refractivity contribution in [1.29, 1.82) is 0 Å². The predicted octanol–water partition coefficient (Wildman–Crippen LogP) is 3.14. The molecule has 0 radical (unpaired) electrons. The molecule has 0 fully saturated rings.